The summed E-state index contributed by atoms with van der Waals surface area (Å²) in [5.41, 5.74) is -0.481. The van der Waals surface area contributed by atoms with Gasteiger partial charge in [-0.25, -0.2) is 0 Å². The number of ketones is 1. The van der Waals surface area contributed by atoms with Crippen LogP contribution in [0.15, 0.2) is 0 Å². The van der Waals surface area contributed by atoms with Gasteiger partial charge in [-0.05, 0) is 12.8 Å². The van der Waals surface area contributed by atoms with E-state index in [1.54, 1.807) is 0 Å². The van der Waals surface area contributed by atoms with Crippen LogP contribution in [-0.2, 0) is 14.3 Å². The highest BCUT2D eigenvalue weighted by Crippen LogP contribution is 2.38. The van der Waals surface area contributed by atoms with E-state index in [0.29, 0.717) is 0 Å². The molecule has 1 rings (SSSR count). The minimum atomic E-state index is -0.481. The van der Waals surface area contributed by atoms with Gasteiger partial charge >= 0.3 is 5.97 Å². The summed E-state index contributed by atoms with van der Waals surface area (Å²) in [7, 11) is 1.36. The van der Waals surface area contributed by atoms with Crippen LogP contribution < -0.4 is 0 Å². The lowest BCUT2D eigenvalue weighted by Gasteiger charge is -2.34. The lowest BCUT2D eigenvalue weighted by molar-refractivity contribution is -0.149. The molecule has 14 heavy (non-hydrogen) atoms. The molecule has 0 aliphatic heterocycles. The Labute approximate surface area is 84.8 Å². The first-order chi connectivity index (χ1) is 6.49. The summed E-state index contributed by atoms with van der Waals surface area (Å²) in [4.78, 5) is 23.1. The summed E-state index contributed by atoms with van der Waals surface area (Å²) >= 11 is 0. The van der Waals surface area contributed by atoms with Crippen molar-refractivity contribution < 1.29 is 14.3 Å². The first-order valence-electron chi connectivity index (χ1n) is 5.11. The van der Waals surface area contributed by atoms with Gasteiger partial charge in [-0.15, -0.1) is 0 Å². The molecule has 0 radical (unpaired) electrons. The molecule has 0 aromatic rings. The standard InChI is InChI=1S/C11H18O3/c1-8-5-4-6-11(2,10(8)13)7-9(12)14-3/h8H,4-7H2,1-3H3/t8-,11-/m1/s1. The quantitative estimate of drug-likeness (QED) is 0.637. The van der Waals surface area contributed by atoms with Gasteiger partial charge in [0.05, 0.1) is 13.5 Å². The van der Waals surface area contributed by atoms with E-state index in [1.807, 2.05) is 13.8 Å². The van der Waals surface area contributed by atoms with Gasteiger partial charge in [0.2, 0.25) is 0 Å². The van der Waals surface area contributed by atoms with E-state index in [9.17, 15) is 9.59 Å². The number of Topliss-reactive ketones (excluding diaryl/α,β-unsaturated/α-hetero) is 1. The SMILES string of the molecule is COC(=O)C[C@@]1(C)CCC[C@@H](C)C1=O. The molecule has 0 unspecified atom stereocenters. The molecule has 2 atom stereocenters. The number of rotatable bonds is 2. The molecule has 1 aliphatic rings. The zero-order chi connectivity index (χ0) is 10.8. The normalized spacial score (nSPS) is 32.8. The summed E-state index contributed by atoms with van der Waals surface area (Å²) in [6.07, 6.45) is 3.02. The van der Waals surface area contributed by atoms with Gasteiger partial charge in [-0.1, -0.05) is 20.3 Å². The van der Waals surface area contributed by atoms with Crippen molar-refractivity contribution in [2.45, 2.75) is 39.5 Å². The minimum Gasteiger partial charge on any atom is -0.469 e. The van der Waals surface area contributed by atoms with Crippen LogP contribution in [0.25, 0.3) is 0 Å². The molecule has 3 nitrogen and oxygen atoms in total. The Morgan fingerprint density at radius 3 is 2.86 bits per heavy atom. The van der Waals surface area contributed by atoms with E-state index < -0.39 is 5.41 Å². The van der Waals surface area contributed by atoms with E-state index in [2.05, 4.69) is 4.74 Å². The summed E-state index contributed by atoms with van der Waals surface area (Å²) in [6.45, 7) is 3.82. The smallest absolute Gasteiger partial charge is 0.306 e. The molecular weight excluding hydrogens is 180 g/mol. The fraction of sp³-hybridized carbons (Fsp3) is 0.818. The van der Waals surface area contributed by atoms with Gasteiger partial charge in [0.25, 0.3) is 0 Å². The first-order valence-corrected chi connectivity index (χ1v) is 5.11. The van der Waals surface area contributed by atoms with Crippen LogP contribution >= 0.6 is 0 Å². The first kappa shape index (κ1) is 11.2. The average Bonchev–Trinajstić information content (AvgIpc) is 2.14. The summed E-state index contributed by atoms with van der Waals surface area (Å²) in [5, 5.41) is 0. The largest absolute Gasteiger partial charge is 0.469 e. The fourth-order valence-corrected chi connectivity index (χ4v) is 2.21. The van der Waals surface area contributed by atoms with Crippen molar-refractivity contribution in [2.75, 3.05) is 7.11 Å². The second-order valence-corrected chi connectivity index (χ2v) is 4.47. The molecular formula is C11H18O3. The lowest BCUT2D eigenvalue weighted by atomic mass is 9.68. The van der Waals surface area contributed by atoms with E-state index >= 15 is 0 Å². The Bertz CT molecular complexity index is 247. The average molecular weight is 198 g/mol. The Morgan fingerprint density at radius 1 is 1.64 bits per heavy atom. The van der Waals surface area contributed by atoms with Gasteiger partial charge in [0.1, 0.15) is 5.78 Å². The van der Waals surface area contributed by atoms with Crippen LogP contribution in [0.3, 0.4) is 0 Å². The number of carbonyl (C=O) groups excluding carboxylic acids is 2. The molecule has 80 valence electrons. The van der Waals surface area contributed by atoms with Crippen LogP contribution in [0.2, 0.25) is 0 Å². The third-order valence-corrected chi connectivity index (χ3v) is 3.17. The molecule has 1 aliphatic carbocycles. The Morgan fingerprint density at radius 2 is 2.29 bits per heavy atom. The monoisotopic (exact) mass is 198 g/mol. The maximum absolute atomic E-state index is 11.9. The second-order valence-electron chi connectivity index (χ2n) is 4.47. The predicted octanol–water partition coefficient (Wildman–Crippen LogP) is 1.94. The minimum absolute atomic E-state index is 0.0957. The van der Waals surface area contributed by atoms with Crippen molar-refractivity contribution in [2.24, 2.45) is 11.3 Å². The van der Waals surface area contributed by atoms with Crippen molar-refractivity contribution in [3.8, 4) is 0 Å². The maximum atomic E-state index is 11.9. The number of hydrogen-bond donors (Lipinski definition) is 0. The summed E-state index contributed by atoms with van der Waals surface area (Å²) in [5.74, 6) is 0.0301. The Hall–Kier alpha value is -0.860. The Balaban J connectivity index is 2.71. The highest BCUT2D eigenvalue weighted by molar-refractivity contribution is 5.90. The molecule has 3 heteroatoms. The predicted molar refractivity (Wildman–Crippen MR) is 52.8 cm³/mol. The number of ether oxygens (including phenoxy) is 1. The molecule has 0 saturated heterocycles. The van der Waals surface area contributed by atoms with Crippen molar-refractivity contribution in [1.82, 2.24) is 0 Å². The molecule has 0 bridgehead atoms. The van der Waals surface area contributed by atoms with Gasteiger partial charge in [0, 0.05) is 11.3 Å². The highest BCUT2D eigenvalue weighted by atomic mass is 16.5. The van der Waals surface area contributed by atoms with E-state index in [0.717, 1.165) is 19.3 Å². The molecule has 0 amide bonds. The molecule has 0 heterocycles. The summed E-state index contributed by atoms with van der Waals surface area (Å²) in [6, 6.07) is 0. The van der Waals surface area contributed by atoms with Crippen molar-refractivity contribution >= 4 is 11.8 Å². The maximum Gasteiger partial charge on any atom is 0.306 e. The zero-order valence-electron chi connectivity index (χ0n) is 9.13. The number of esters is 1. The van der Waals surface area contributed by atoms with E-state index in [1.165, 1.54) is 7.11 Å². The van der Waals surface area contributed by atoms with Crippen molar-refractivity contribution in [3.63, 3.8) is 0 Å². The fourth-order valence-electron chi connectivity index (χ4n) is 2.21. The second kappa shape index (κ2) is 4.11. The number of carbonyl (C=O) groups is 2. The van der Waals surface area contributed by atoms with Gasteiger partial charge < -0.3 is 4.74 Å². The van der Waals surface area contributed by atoms with Crippen LogP contribution in [0.1, 0.15) is 39.5 Å². The molecule has 0 N–H and O–H groups in total. The highest BCUT2D eigenvalue weighted by Gasteiger charge is 2.40. The van der Waals surface area contributed by atoms with Gasteiger partial charge in [-0.3, -0.25) is 9.59 Å². The van der Waals surface area contributed by atoms with Crippen LogP contribution in [0.5, 0.6) is 0 Å². The molecule has 0 aromatic heterocycles. The third kappa shape index (κ3) is 2.14. The molecule has 0 aromatic carbocycles. The molecule has 0 spiro atoms. The number of methoxy groups -OCH3 is 1. The zero-order valence-corrected chi connectivity index (χ0v) is 9.13. The van der Waals surface area contributed by atoms with E-state index in [-0.39, 0.29) is 24.1 Å². The van der Waals surface area contributed by atoms with Crippen molar-refractivity contribution in [1.29, 1.82) is 0 Å². The number of hydrogen-bond acceptors (Lipinski definition) is 3. The van der Waals surface area contributed by atoms with Crippen LogP contribution in [0.4, 0.5) is 0 Å². The van der Waals surface area contributed by atoms with Crippen molar-refractivity contribution in [3.05, 3.63) is 0 Å². The molecule has 1 saturated carbocycles. The van der Waals surface area contributed by atoms with E-state index in [4.69, 9.17) is 0 Å². The van der Waals surface area contributed by atoms with Crippen LogP contribution in [0, 0.1) is 11.3 Å². The Kier molecular flexibility index (Phi) is 3.29. The topological polar surface area (TPSA) is 43.4 Å². The van der Waals surface area contributed by atoms with Crippen LogP contribution in [-0.4, -0.2) is 18.9 Å². The van der Waals surface area contributed by atoms with Gasteiger partial charge in [-0.2, -0.15) is 0 Å². The van der Waals surface area contributed by atoms with Gasteiger partial charge in [0.15, 0.2) is 0 Å². The summed E-state index contributed by atoms with van der Waals surface area (Å²) < 4.78 is 4.61. The lowest BCUT2D eigenvalue weighted by Crippen LogP contribution is -2.38. The molecule has 1 fully saturated rings. The third-order valence-electron chi connectivity index (χ3n) is 3.17.